The van der Waals surface area contributed by atoms with Gasteiger partial charge < -0.3 is 0 Å². The van der Waals surface area contributed by atoms with Crippen LogP contribution in [0.3, 0.4) is 0 Å². The Kier molecular flexibility index (Phi) is 23.2. The van der Waals surface area contributed by atoms with Crippen LogP contribution >= 0.6 is 0 Å². The molecule has 0 amide bonds. The Bertz CT molecular complexity index is 9260. The highest BCUT2D eigenvalue weighted by atomic mass is 28.3. The van der Waals surface area contributed by atoms with Gasteiger partial charge in [0, 0.05) is 50.1 Å². The first-order chi connectivity index (χ1) is 72.0. The van der Waals surface area contributed by atoms with Crippen LogP contribution in [0.4, 0.5) is 0 Å². The molecule has 0 N–H and O–H groups in total. The van der Waals surface area contributed by atoms with E-state index < -0.39 is 24.2 Å². The zero-order chi connectivity index (χ0) is 98.9. The first-order valence-electron chi connectivity index (χ1n) is 50.3. The summed E-state index contributed by atoms with van der Waals surface area (Å²) in [6.07, 6.45) is 0. The van der Waals surface area contributed by atoms with E-state index >= 15 is 0 Å². The van der Waals surface area contributed by atoms with E-state index in [-0.39, 0.29) is 0 Å². The van der Waals surface area contributed by atoms with Crippen molar-refractivity contribution in [2.45, 2.75) is 39.3 Å². The minimum Gasteiger partial charge on any atom is -0.208 e. The summed E-state index contributed by atoms with van der Waals surface area (Å²) in [7, 11) is -5.53. The van der Waals surface area contributed by atoms with Gasteiger partial charge in [0.15, 0.2) is 52.4 Å². The minimum atomic E-state index is -1.88. The van der Waals surface area contributed by atoms with E-state index in [0.29, 0.717) is 52.4 Å². The number of fused-ring (bicyclic) bond motifs is 12. The Balaban J connectivity index is 0.000000115. The van der Waals surface area contributed by atoms with E-state index in [2.05, 4.69) is 512 Å². The molecular weight excluding hydrogens is 1830 g/mol. The van der Waals surface area contributed by atoms with Crippen LogP contribution in [0.1, 0.15) is 0 Å². The predicted molar refractivity (Wildman–Crippen MR) is 620 cm³/mol. The van der Waals surface area contributed by atoms with Gasteiger partial charge in [0.2, 0.25) is 0 Å². The number of nitrogens with zero attached hydrogens (tertiary/aromatic N) is 9. The fraction of sp³-hybridized carbons (Fsp3) is 0.0444. The van der Waals surface area contributed by atoms with Crippen molar-refractivity contribution in [1.82, 2.24) is 44.9 Å². The van der Waals surface area contributed by atoms with Crippen molar-refractivity contribution in [2.24, 2.45) is 0 Å². The summed E-state index contributed by atoms with van der Waals surface area (Å²) in [6, 6.07) is 175. The van der Waals surface area contributed by atoms with Crippen LogP contribution in [0, 0.1) is 0 Å². The van der Waals surface area contributed by atoms with Gasteiger partial charge in [0.25, 0.3) is 0 Å². The van der Waals surface area contributed by atoms with Gasteiger partial charge >= 0.3 is 0 Å². The Morgan fingerprint density at radius 3 is 0.680 bits per heavy atom. The molecule has 0 saturated heterocycles. The number of aromatic nitrogens is 9. The normalized spacial score (nSPS) is 12.9. The van der Waals surface area contributed by atoms with Crippen LogP contribution < -0.4 is 31.1 Å². The summed E-state index contributed by atoms with van der Waals surface area (Å²) in [6.45, 7) is 14.7. The lowest BCUT2D eigenvalue weighted by molar-refractivity contribution is 1.07. The number of benzene rings is 21. The first kappa shape index (κ1) is 90.4. The van der Waals surface area contributed by atoms with Crippen LogP contribution in [0.2, 0.25) is 39.3 Å². The van der Waals surface area contributed by atoms with Gasteiger partial charge in [-0.3, -0.25) is 0 Å². The summed E-state index contributed by atoms with van der Waals surface area (Å²) in [5.74, 6) is 6.05. The summed E-state index contributed by atoms with van der Waals surface area (Å²) >= 11 is 0. The van der Waals surface area contributed by atoms with E-state index in [1.54, 1.807) is 0 Å². The summed E-state index contributed by atoms with van der Waals surface area (Å²) in [5, 5.41) is 15.8. The molecule has 0 fully saturated rings. The SMILES string of the molecule is C[Si]1(C)c2ccccc2-c2c(-c3nc(-c4cccc(-c5ccccc5)c4)nc(-c4ccc5cc(-c6ccccc6)ccc5c4)n3)cccc21.C[Si]1(C)c2ccccc2-c2cc(-c3nc(-c4cccc(-c5ccccc5)c4)nc(-c4ccc5cc(-c6ccccc6)ccc5c4)n3)ccc21.C[Si]1(C)c2ccccc2-c2ccc(-c3nc(-c4cccc(-c5ccccc5)c4)nc(-c4ccc5cc(-c6ccccc6)ccc5c4)n3)cc21. The van der Waals surface area contributed by atoms with Crippen molar-refractivity contribution in [2.75, 3.05) is 0 Å². The molecule has 0 saturated carbocycles. The zero-order valence-corrected chi connectivity index (χ0v) is 85.3. The van der Waals surface area contributed by atoms with E-state index in [0.717, 1.165) is 99.6 Å². The van der Waals surface area contributed by atoms with Crippen molar-refractivity contribution in [3.8, 4) is 203 Å². The Morgan fingerprint density at radius 2 is 0.320 bits per heavy atom. The Labute approximate surface area is 859 Å². The van der Waals surface area contributed by atoms with Gasteiger partial charge in [-0.2, -0.15) is 0 Å². The molecular formula is C135H99N9Si3. The largest absolute Gasteiger partial charge is 0.208 e. The monoisotopic (exact) mass is 1930 g/mol. The topological polar surface area (TPSA) is 116 Å². The van der Waals surface area contributed by atoms with Crippen LogP contribution in [0.25, 0.3) is 235 Å². The van der Waals surface area contributed by atoms with E-state index in [1.165, 1.54) is 114 Å². The third-order valence-corrected chi connectivity index (χ3v) is 40.4. The van der Waals surface area contributed by atoms with Gasteiger partial charge in [-0.25, -0.2) is 44.9 Å². The lowest BCUT2D eigenvalue weighted by Gasteiger charge is -2.19. The first-order valence-corrected chi connectivity index (χ1v) is 59.3. The Hall–Kier alpha value is -17.9. The average molecular weight is 1930 g/mol. The second-order valence-corrected chi connectivity index (χ2v) is 52.9. The van der Waals surface area contributed by atoms with E-state index in [9.17, 15) is 0 Å². The molecule has 12 heteroatoms. The highest BCUT2D eigenvalue weighted by Gasteiger charge is 2.41. The molecule has 3 aliphatic rings. The lowest BCUT2D eigenvalue weighted by atomic mass is 9.98. The van der Waals surface area contributed by atoms with E-state index in [4.69, 9.17) is 44.9 Å². The molecule has 0 aliphatic carbocycles. The maximum absolute atomic E-state index is 5.24. The van der Waals surface area contributed by atoms with Gasteiger partial charge in [-0.15, -0.1) is 0 Å². The van der Waals surface area contributed by atoms with Crippen LogP contribution in [-0.2, 0) is 0 Å². The molecule has 696 valence electrons. The number of rotatable bonds is 15. The summed E-state index contributed by atoms with van der Waals surface area (Å²) in [4.78, 5) is 46.5. The average Bonchev–Trinajstić information content (AvgIpc) is 1.60. The second-order valence-electron chi connectivity index (χ2n) is 39.9. The third kappa shape index (κ3) is 17.3. The van der Waals surface area contributed by atoms with Crippen LogP contribution in [-0.4, -0.2) is 69.1 Å². The lowest BCUT2D eigenvalue weighted by Crippen LogP contribution is -2.49. The fourth-order valence-electron chi connectivity index (χ4n) is 21.9. The number of hydrogen-bond donors (Lipinski definition) is 0. The molecule has 9 nitrogen and oxygen atoms in total. The van der Waals surface area contributed by atoms with Gasteiger partial charge in [0.1, 0.15) is 24.2 Å². The van der Waals surface area contributed by atoms with Crippen molar-refractivity contribution in [3.05, 3.63) is 491 Å². The van der Waals surface area contributed by atoms with Gasteiger partial charge in [0.05, 0.1) is 0 Å². The highest BCUT2D eigenvalue weighted by Crippen LogP contribution is 2.43. The van der Waals surface area contributed by atoms with Crippen molar-refractivity contribution < 1.29 is 0 Å². The number of hydrogen-bond acceptors (Lipinski definition) is 9. The molecule has 0 radical (unpaired) electrons. The maximum atomic E-state index is 5.24. The maximum Gasteiger partial charge on any atom is 0.164 e. The molecule has 27 rings (SSSR count). The smallest absolute Gasteiger partial charge is 0.164 e. The van der Waals surface area contributed by atoms with Gasteiger partial charge in [-0.1, -0.05) is 470 Å². The third-order valence-electron chi connectivity index (χ3n) is 29.7. The van der Waals surface area contributed by atoms with Gasteiger partial charge in [-0.05, 0) is 224 Å². The summed E-state index contributed by atoms with van der Waals surface area (Å²) < 4.78 is 0. The predicted octanol–water partition coefficient (Wildman–Crippen LogP) is 30.5. The zero-order valence-electron chi connectivity index (χ0n) is 82.3. The molecule has 3 aromatic heterocycles. The second kappa shape index (κ2) is 37.7. The molecule has 6 heterocycles. The molecule has 3 aliphatic heterocycles. The molecule has 147 heavy (non-hydrogen) atoms. The molecule has 24 aromatic rings. The molecule has 21 aromatic carbocycles. The Morgan fingerprint density at radius 1 is 0.116 bits per heavy atom. The molecule has 0 unspecified atom stereocenters. The standard InChI is InChI=1S/3C45H33N3Si/c1-49(2)40-21-10-9-19-38(40)42-39(20-12-22-41(42)49)45-47-43(36-18-11-17-32(28-36)30-13-5-3-6-14-30)46-44(48-45)37-26-25-34-27-33(23-24-35(34)29-37)31-15-7-4-8-16-31;1-49(2)41-19-10-9-18-39(41)40-29-38(24-25-42(40)49)45-47-43(36-17-11-16-32(27-36)30-12-5-3-6-13-30)46-44(48-45)37-23-22-34-26-33(20-21-35(34)28-37)31-14-7-4-8-15-31;1-49(2)41-19-10-9-18-39(41)40-25-24-38(29-42(40)49)45-47-43(36-17-11-16-32(27-36)30-12-5-3-6-13-30)46-44(48-45)37-23-22-34-26-33(20-21-35(34)28-37)31-14-7-4-8-15-31/h3*3-29H,1-2H3. The molecule has 0 spiro atoms. The quantitative estimate of drug-likeness (QED) is 0.0925. The van der Waals surface area contributed by atoms with Crippen LogP contribution in [0.15, 0.2) is 491 Å². The summed E-state index contributed by atoms with van der Waals surface area (Å²) in [5.41, 5.74) is 30.9. The molecule has 0 atom stereocenters. The van der Waals surface area contributed by atoms with Crippen LogP contribution in [0.5, 0.6) is 0 Å². The molecule has 0 bridgehead atoms. The van der Waals surface area contributed by atoms with E-state index in [1.807, 2.05) is 18.2 Å². The fourth-order valence-corrected chi connectivity index (χ4v) is 31.2. The highest BCUT2D eigenvalue weighted by molar-refractivity contribution is 7.05. The van der Waals surface area contributed by atoms with Crippen molar-refractivity contribution in [3.63, 3.8) is 0 Å². The van der Waals surface area contributed by atoms with Crippen molar-refractivity contribution in [1.29, 1.82) is 0 Å². The minimum absolute atomic E-state index is 0.660. The van der Waals surface area contributed by atoms with Crippen molar-refractivity contribution >= 4 is 87.7 Å².